The van der Waals surface area contributed by atoms with Crippen LogP contribution in [-0.4, -0.2) is 18.0 Å². The molecule has 0 spiro atoms. The van der Waals surface area contributed by atoms with E-state index in [4.69, 9.17) is 5.73 Å². The van der Waals surface area contributed by atoms with E-state index in [0.717, 1.165) is 19.3 Å². The van der Waals surface area contributed by atoms with Gasteiger partial charge >= 0.3 is 0 Å². The molecule has 2 saturated carbocycles. The Bertz CT molecular complexity index is 325. The molecule has 4 unspecified atom stereocenters. The van der Waals surface area contributed by atoms with Crippen LogP contribution in [0.4, 0.5) is 0 Å². The molecular weight excluding hydrogens is 260 g/mol. The smallest absolute Gasteiger partial charge is 0.223 e. The third-order valence-corrected chi connectivity index (χ3v) is 5.86. The van der Waals surface area contributed by atoms with Crippen molar-refractivity contribution < 1.29 is 4.79 Å². The Kier molecular flexibility index (Phi) is 6.53. The molecule has 2 aliphatic rings. The average molecular weight is 294 g/mol. The summed E-state index contributed by atoms with van der Waals surface area (Å²) in [6.45, 7) is 4.31. The van der Waals surface area contributed by atoms with Crippen molar-refractivity contribution in [3.8, 4) is 0 Å². The van der Waals surface area contributed by atoms with Gasteiger partial charge < -0.3 is 11.1 Å². The Hall–Kier alpha value is -0.570. The van der Waals surface area contributed by atoms with Gasteiger partial charge in [0, 0.05) is 18.0 Å². The van der Waals surface area contributed by atoms with Crippen molar-refractivity contribution in [2.24, 2.45) is 23.5 Å². The number of nitrogens with two attached hydrogens (primary N) is 1. The quantitative estimate of drug-likeness (QED) is 0.813. The first-order chi connectivity index (χ1) is 10.1. The van der Waals surface area contributed by atoms with Gasteiger partial charge in [-0.25, -0.2) is 0 Å². The Morgan fingerprint density at radius 3 is 2.38 bits per heavy atom. The van der Waals surface area contributed by atoms with Gasteiger partial charge in [0.1, 0.15) is 0 Å². The maximum atomic E-state index is 12.6. The van der Waals surface area contributed by atoms with Crippen molar-refractivity contribution in [2.75, 3.05) is 0 Å². The van der Waals surface area contributed by atoms with E-state index < -0.39 is 0 Å². The van der Waals surface area contributed by atoms with E-state index >= 15 is 0 Å². The standard InChI is InChI=1S/C18H34N2O/c1-3-17(14-8-5-4-6-9-14)20-18(21)13(2)15-10-7-11-16(19)12-15/h13-17H,3-12,19H2,1-2H3,(H,20,21). The molecule has 0 saturated heterocycles. The largest absolute Gasteiger partial charge is 0.353 e. The van der Waals surface area contributed by atoms with Crippen molar-refractivity contribution in [3.63, 3.8) is 0 Å². The van der Waals surface area contributed by atoms with Gasteiger partial charge in [-0.3, -0.25) is 4.79 Å². The summed E-state index contributed by atoms with van der Waals surface area (Å²) in [7, 11) is 0. The third kappa shape index (κ3) is 4.70. The van der Waals surface area contributed by atoms with Crippen molar-refractivity contribution >= 4 is 5.91 Å². The second-order valence-corrected chi connectivity index (χ2v) is 7.40. The van der Waals surface area contributed by atoms with Crippen molar-refractivity contribution in [2.45, 2.75) is 90.1 Å². The van der Waals surface area contributed by atoms with Crippen LogP contribution in [0.25, 0.3) is 0 Å². The first-order valence-electron chi connectivity index (χ1n) is 9.17. The summed E-state index contributed by atoms with van der Waals surface area (Å²) in [4.78, 5) is 12.6. The monoisotopic (exact) mass is 294 g/mol. The summed E-state index contributed by atoms with van der Waals surface area (Å²) < 4.78 is 0. The minimum absolute atomic E-state index is 0.119. The van der Waals surface area contributed by atoms with Crippen LogP contribution in [0.3, 0.4) is 0 Å². The minimum atomic E-state index is 0.119. The van der Waals surface area contributed by atoms with Gasteiger partial charge in [-0.1, -0.05) is 39.5 Å². The first kappa shape index (κ1) is 16.8. The van der Waals surface area contributed by atoms with E-state index in [1.54, 1.807) is 0 Å². The van der Waals surface area contributed by atoms with Gasteiger partial charge in [-0.2, -0.15) is 0 Å². The topological polar surface area (TPSA) is 55.1 Å². The molecular formula is C18H34N2O. The molecule has 3 N–H and O–H groups in total. The van der Waals surface area contributed by atoms with Gasteiger partial charge in [0.25, 0.3) is 0 Å². The van der Waals surface area contributed by atoms with E-state index in [-0.39, 0.29) is 11.8 Å². The molecule has 0 aromatic heterocycles. The van der Waals surface area contributed by atoms with Crippen LogP contribution in [0.1, 0.15) is 78.1 Å². The van der Waals surface area contributed by atoms with Gasteiger partial charge in [0.05, 0.1) is 0 Å². The molecule has 122 valence electrons. The van der Waals surface area contributed by atoms with Crippen LogP contribution < -0.4 is 11.1 Å². The van der Waals surface area contributed by atoms with Crippen molar-refractivity contribution in [1.82, 2.24) is 5.32 Å². The SMILES string of the molecule is CCC(NC(=O)C(C)C1CCCC(N)C1)C1CCCCC1. The molecule has 3 nitrogen and oxygen atoms in total. The fourth-order valence-corrected chi connectivity index (χ4v) is 4.34. The normalized spacial score (nSPS) is 30.6. The Balaban J connectivity index is 1.85. The zero-order valence-corrected chi connectivity index (χ0v) is 13.9. The fraction of sp³-hybridized carbons (Fsp3) is 0.944. The molecule has 0 bridgehead atoms. The first-order valence-corrected chi connectivity index (χ1v) is 9.17. The third-order valence-electron chi connectivity index (χ3n) is 5.86. The highest BCUT2D eigenvalue weighted by Crippen LogP contribution is 2.31. The van der Waals surface area contributed by atoms with E-state index in [9.17, 15) is 4.79 Å². The van der Waals surface area contributed by atoms with Gasteiger partial charge in [0.2, 0.25) is 5.91 Å². The zero-order valence-electron chi connectivity index (χ0n) is 13.9. The molecule has 1 amide bonds. The zero-order chi connectivity index (χ0) is 15.2. The summed E-state index contributed by atoms with van der Waals surface area (Å²) in [5, 5.41) is 3.37. The lowest BCUT2D eigenvalue weighted by Gasteiger charge is -2.34. The summed E-state index contributed by atoms with van der Waals surface area (Å²) in [5.74, 6) is 1.58. The Labute approximate surface area is 130 Å². The maximum absolute atomic E-state index is 12.6. The van der Waals surface area contributed by atoms with Crippen LogP contribution in [0.2, 0.25) is 0 Å². The molecule has 0 aromatic rings. The highest BCUT2D eigenvalue weighted by molar-refractivity contribution is 5.79. The van der Waals surface area contributed by atoms with Crippen molar-refractivity contribution in [3.05, 3.63) is 0 Å². The lowest BCUT2D eigenvalue weighted by Crippen LogP contribution is -2.45. The van der Waals surface area contributed by atoms with Crippen LogP contribution >= 0.6 is 0 Å². The minimum Gasteiger partial charge on any atom is -0.353 e. The molecule has 21 heavy (non-hydrogen) atoms. The Morgan fingerprint density at radius 2 is 1.76 bits per heavy atom. The predicted molar refractivity (Wildman–Crippen MR) is 87.9 cm³/mol. The van der Waals surface area contributed by atoms with Crippen LogP contribution in [0.15, 0.2) is 0 Å². The number of carbonyl (C=O) groups is 1. The maximum Gasteiger partial charge on any atom is 0.223 e. The molecule has 0 aliphatic heterocycles. The van der Waals surface area contributed by atoms with Gasteiger partial charge in [-0.15, -0.1) is 0 Å². The molecule has 4 atom stereocenters. The van der Waals surface area contributed by atoms with Gasteiger partial charge in [-0.05, 0) is 50.4 Å². The highest BCUT2D eigenvalue weighted by Gasteiger charge is 2.31. The molecule has 2 aliphatic carbocycles. The summed E-state index contributed by atoms with van der Waals surface area (Å²) in [5.41, 5.74) is 6.08. The predicted octanol–water partition coefficient (Wildman–Crippen LogP) is 3.62. The van der Waals surface area contributed by atoms with Crippen LogP contribution in [0, 0.1) is 17.8 Å². The molecule has 3 heteroatoms. The Morgan fingerprint density at radius 1 is 1.10 bits per heavy atom. The summed E-state index contributed by atoms with van der Waals surface area (Å²) in [6.07, 6.45) is 12.2. The number of rotatable bonds is 5. The molecule has 0 heterocycles. The number of hydrogen-bond acceptors (Lipinski definition) is 2. The fourth-order valence-electron chi connectivity index (χ4n) is 4.34. The van der Waals surface area contributed by atoms with Crippen molar-refractivity contribution in [1.29, 1.82) is 0 Å². The molecule has 2 fully saturated rings. The van der Waals surface area contributed by atoms with E-state index in [0.29, 0.717) is 23.9 Å². The number of amides is 1. The van der Waals surface area contributed by atoms with Crippen LogP contribution in [-0.2, 0) is 4.79 Å². The molecule has 2 rings (SSSR count). The summed E-state index contributed by atoms with van der Waals surface area (Å²) >= 11 is 0. The van der Waals surface area contributed by atoms with E-state index in [1.807, 2.05) is 0 Å². The second kappa shape index (κ2) is 8.17. The second-order valence-electron chi connectivity index (χ2n) is 7.40. The molecule has 0 aromatic carbocycles. The lowest BCUT2D eigenvalue weighted by molar-refractivity contribution is -0.127. The number of carbonyl (C=O) groups excluding carboxylic acids is 1. The number of nitrogens with one attached hydrogen (secondary N) is 1. The van der Waals surface area contributed by atoms with E-state index in [2.05, 4.69) is 19.2 Å². The van der Waals surface area contributed by atoms with E-state index in [1.165, 1.54) is 44.9 Å². The molecule has 0 radical (unpaired) electrons. The average Bonchev–Trinajstić information content (AvgIpc) is 2.52. The summed E-state index contributed by atoms with van der Waals surface area (Å²) in [6, 6.07) is 0.692. The highest BCUT2D eigenvalue weighted by atomic mass is 16.1. The number of hydrogen-bond donors (Lipinski definition) is 2. The van der Waals surface area contributed by atoms with Crippen LogP contribution in [0.5, 0.6) is 0 Å². The van der Waals surface area contributed by atoms with Gasteiger partial charge in [0.15, 0.2) is 0 Å². The lowest BCUT2D eigenvalue weighted by atomic mass is 9.78.